The smallest absolute Gasteiger partial charge is 0.134 e. The number of hydrogen-bond donors (Lipinski definition) is 0. The molecule has 0 bridgehead atoms. The summed E-state index contributed by atoms with van der Waals surface area (Å²) >= 11 is 0. The predicted octanol–water partition coefficient (Wildman–Crippen LogP) is 23.3. The second-order valence-electron chi connectivity index (χ2n) is 32.3. The standard InChI is InChI=1S/4C18H25NO3.2C17H23NO4/c1-15-7-9-18(10-8-15)21-13-4-3-11-20-12-5-6-17-14-16(2)22-19-17;1-15-7-9-18(10-8-15)21-13-5-12-20-11-4-3-6-17-14-16(2)22-19-17;1-15-6-8-18(9-7-15)21-12-5-3-4-11-20-13-10-17-14-16(2)22-19-17;1-15-7-9-18(10-8-15)21-12-6-4-3-5-11-20-14-17-13-16(2)22-19-17;1-14-4-6-17(7-5-14)21-9-3-8-19-10-11-20-13-16-12-15(2)22-18-16;1-14-4-6-17(7-5-14)21-11-10-19-8-3-9-20-13-16-12-15(2)22-18-16/h2*7-10,14H,3-6,11-13H2,1-2H3;6-9,14H,3-5,10-13H2,1-2H3;7-10,13H,3-6,11-12,14H2,1-2H3;2*4-7,12H,3,8-11,13H2,1-2H3. The lowest BCUT2D eigenvalue weighted by atomic mass is 10.2. The van der Waals surface area contributed by atoms with Gasteiger partial charge in [-0.25, -0.2) is 0 Å². The molecule has 720 valence electrons. The van der Waals surface area contributed by atoms with Crippen LogP contribution in [0.3, 0.4) is 0 Å². The highest BCUT2D eigenvalue weighted by atomic mass is 16.5. The molecule has 0 saturated carbocycles. The Morgan fingerprint density at radius 3 is 0.697 bits per heavy atom. The van der Waals surface area contributed by atoms with Gasteiger partial charge in [0.1, 0.15) is 92.7 Å². The van der Waals surface area contributed by atoms with Crippen LogP contribution in [0.15, 0.2) is 209 Å². The van der Waals surface area contributed by atoms with E-state index in [4.69, 9.17) is 93.5 Å². The van der Waals surface area contributed by atoms with Crippen molar-refractivity contribution < 1.29 is 93.5 Å². The van der Waals surface area contributed by atoms with Gasteiger partial charge in [0.25, 0.3) is 0 Å². The molecule has 12 aromatic rings. The Morgan fingerprint density at radius 2 is 0.364 bits per heavy atom. The first-order chi connectivity index (χ1) is 64.4. The molecule has 0 aliphatic carbocycles. The summed E-state index contributed by atoms with van der Waals surface area (Å²) < 4.78 is 108. The van der Waals surface area contributed by atoms with E-state index in [1.165, 1.54) is 33.4 Å². The average molecular weight is 1820 g/mol. The fourth-order valence-electron chi connectivity index (χ4n) is 12.3. The van der Waals surface area contributed by atoms with Gasteiger partial charge in [-0.15, -0.1) is 0 Å². The van der Waals surface area contributed by atoms with E-state index in [1.54, 1.807) is 0 Å². The quantitative estimate of drug-likeness (QED) is 0.0320. The van der Waals surface area contributed by atoms with Gasteiger partial charge in [0.05, 0.1) is 96.4 Å². The van der Waals surface area contributed by atoms with Gasteiger partial charge < -0.3 is 93.5 Å². The fourth-order valence-corrected chi connectivity index (χ4v) is 12.3. The van der Waals surface area contributed by atoms with Gasteiger partial charge in [-0.05, 0) is 246 Å². The Bertz CT molecular complexity index is 3980. The van der Waals surface area contributed by atoms with E-state index in [-0.39, 0.29) is 0 Å². The molecule has 6 aromatic carbocycles. The van der Waals surface area contributed by atoms with E-state index in [9.17, 15) is 0 Å². The Balaban J connectivity index is 0.000000216. The summed E-state index contributed by atoms with van der Waals surface area (Å²) in [5.74, 6) is 10.6. The number of unbranched alkanes of at least 4 members (excludes halogenated alkanes) is 7. The van der Waals surface area contributed by atoms with Gasteiger partial charge >= 0.3 is 0 Å². The molecule has 0 N–H and O–H groups in total. The highest BCUT2D eigenvalue weighted by Crippen LogP contribution is 2.20. The van der Waals surface area contributed by atoms with Crippen molar-refractivity contribution in [2.45, 2.75) is 218 Å². The number of hydrogen-bond acceptors (Lipinski definition) is 26. The van der Waals surface area contributed by atoms with E-state index in [1.807, 2.05) is 175 Å². The van der Waals surface area contributed by atoms with Gasteiger partial charge in [-0.3, -0.25) is 0 Å². The second-order valence-corrected chi connectivity index (χ2v) is 32.3. The molecule has 6 aromatic heterocycles. The maximum absolute atomic E-state index is 5.70. The number of aryl methyl sites for hydroxylation is 14. The van der Waals surface area contributed by atoms with Crippen LogP contribution in [-0.4, -0.2) is 156 Å². The number of aromatic nitrogens is 6. The van der Waals surface area contributed by atoms with Crippen molar-refractivity contribution in [1.82, 2.24) is 30.9 Å². The summed E-state index contributed by atoms with van der Waals surface area (Å²) in [5.41, 5.74) is 13.0. The lowest BCUT2D eigenvalue weighted by Gasteiger charge is -2.07. The van der Waals surface area contributed by atoms with Crippen molar-refractivity contribution in [1.29, 1.82) is 0 Å². The van der Waals surface area contributed by atoms with Crippen LogP contribution in [0, 0.1) is 83.1 Å². The Kier molecular flexibility index (Phi) is 56.5. The summed E-state index contributed by atoms with van der Waals surface area (Å²) in [7, 11) is 0. The molecule has 0 fully saturated rings. The molecule has 26 nitrogen and oxygen atoms in total. The molecule has 6 heterocycles. The topological polar surface area (TPSA) is 285 Å². The van der Waals surface area contributed by atoms with E-state index in [2.05, 4.69) is 121 Å². The van der Waals surface area contributed by atoms with Crippen LogP contribution in [0.5, 0.6) is 34.5 Å². The highest BCUT2D eigenvalue weighted by Gasteiger charge is 2.09. The third kappa shape index (κ3) is 54.1. The van der Waals surface area contributed by atoms with Crippen LogP contribution in [-0.2, 0) is 77.0 Å². The molecule has 0 amide bonds. The molecule has 0 aliphatic heterocycles. The summed E-state index contributed by atoms with van der Waals surface area (Å²) in [4.78, 5) is 0. The summed E-state index contributed by atoms with van der Waals surface area (Å²) in [5, 5.41) is 23.5. The molecular formula is C106H146N6O20. The minimum absolute atomic E-state index is 0.456. The van der Waals surface area contributed by atoms with Crippen molar-refractivity contribution in [3.63, 3.8) is 0 Å². The average Bonchev–Trinajstić information content (AvgIpc) is 1.80. The van der Waals surface area contributed by atoms with Gasteiger partial charge in [0.15, 0.2) is 0 Å². The lowest BCUT2D eigenvalue weighted by Crippen LogP contribution is -2.09. The maximum Gasteiger partial charge on any atom is 0.134 e. The van der Waals surface area contributed by atoms with Gasteiger partial charge in [0.2, 0.25) is 0 Å². The van der Waals surface area contributed by atoms with Gasteiger partial charge in [-0.1, -0.05) is 144 Å². The monoisotopic (exact) mass is 1820 g/mol. The summed E-state index contributed by atoms with van der Waals surface area (Å²) in [6.07, 6.45) is 18.1. The third-order valence-corrected chi connectivity index (χ3v) is 19.6. The predicted molar refractivity (Wildman–Crippen MR) is 511 cm³/mol. The van der Waals surface area contributed by atoms with E-state index in [0.29, 0.717) is 85.9 Å². The van der Waals surface area contributed by atoms with E-state index in [0.717, 1.165) is 278 Å². The number of rotatable bonds is 60. The number of nitrogens with zero attached hydrogens (tertiary/aromatic N) is 6. The first-order valence-electron chi connectivity index (χ1n) is 46.8. The van der Waals surface area contributed by atoms with Crippen molar-refractivity contribution >= 4 is 0 Å². The van der Waals surface area contributed by atoms with E-state index < -0.39 is 0 Å². The molecule has 0 aliphatic rings. The van der Waals surface area contributed by atoms with Gasteiger partial charge in [0, 0.05) is 115 Å². The Morgan fingerprint density at radius 1 is 0.167 bits per heavy atom. The Labute approximate surface area is 782 Å². The molecule has 12 rings (SSSR count). The normalized spacial score (nSPS) is 10.8. The molecule has 0 spiro atoms. The zero-order valence-electron chi connectivity index (χ0n) is 80.5. The van der Waals surface area contributed by atoms with Crippen LogP contribution >= 0.6 is 0 Å². The Hall–Kier alpha value is -10.9. The van der Waals surface area contributed by atoms with Crippen molar-refractivity contribution in [2.24, 2.45) is 0 Å². The SMILES string of the molecule is Cc1ccc(OCCCCCCOCc2cc(C)on2)cc1.Cc1ccc(OCCCCCOCCc2cc(C)on2)cc1.Cc1ccc(OCCCCOCCCc2cc(C)on2)cc1.Cc1ccc(OCCCOCCCCc2cc(C)on2)cc1.Cc1ccc(OCCCOCCOCc2cc(C)on2)cc1.Cc1ccc(OCCOCCCOCc2cc(C)on2)cc1. The van der Waals surface area contributed by atoms with Crippen LogP contribution < -0.4 is 28.4 Å². The van der Waals surface area contributed by atoms with Crippen molar-refractivity contribution in [2.75, 3.05) is 126 Å². The molecule has 132 heavy (non-hydrogen) atoms. The van der Waals surface area contributed by atoms with Crippen LogP contribution in [0.25, 0.3) is 0 Å². The second kappa shape index (κ2) is 69.0. The summed E-state index contributed by atoms with van der Waals surface area (Å²) in [6.45, 7) is 38.4. The molecule has 0 radical (unpaired) electrons. The molecule has 0 saturated heterocycles. The zero-order valence-corrected chi connectivity index (χ0v) is 80.5. The van der Waals surface area contributed by atoms with Crippen molar-refractivity contribution in [3.8, 4) is 34.5 Å². The summed E-state index contributed by atoms with van der Waals surface area (Å²) in [6, 6.07) is 60.2. The molecule has 0 unspecified atom stereocenters. The number of ether oxygens (including phenoxy) is 14. The van der Waals surface area contributed by atoms with Crippen LogP contribution in [0.1, 0.15) is 198 Å². The van der Waals surface area contributed by atoms with Gasteiger partial charge in [-0.2, -0.15) is 0 Å². The van der Waals surface area contributed by atoms with E-state index >= 15 is 0 Å². The maximum atomic E-state index is 5.70. The first-order valence-corrected chi connectivity index (χ1v) is 46.8. The number of benzene rings is 6. The first kappa shape index (κ1) is 108. The van der Waals surface area contributed by atoms with Crippen molar-refractivity contribution in [3.05, 3.63) is 284 Å². The fraction of sp³-hybridized carbons (Fsp3) is 0.491. The largest absolute Gasteiger partial charge is 0.494 e. The highest BCUT2D eigenvalue weighted by molar-refractivity contribution is 5.30. The third-order valence-electron chi connectivity index (χ3n) is 19.6. The minimum Gasteiger partial charge on any atom is -0.494 e. The van der Waals surface area contributed by atoms with Crippen LogP contribution in [0.2, 0.25) is 0 Å². The molecular weight excluding hydrogens is 1680 g/mol. The molecule has 0 atom stereocenters. The zero-order chi connectivity index (χ0) is 93.7. The lowest BCUT2D eigenvalue weighted by molar-refractivity contribution is 0.0351. The molecule has 26 heteroatoms. The minimum atomic E-state index is 0.456. The van der Waals surface area contributed by atoms with Crippen LogP contribution in [0.4, 0.5) is 0 Å².